The number of carbonyl (C=O) groups is 2. The van der Waals surface area contributed by atoms with Gasteiger partial charge in [-0.3, -0.25) is 20.4 Å². The van der Waals surface area contributed by atoms with E-state index in [0.717, 1.165) is 0 Å². The van der Waals surface area contributed by atoms with Crippen LogP contribution in [0.4, 0.5) is 4.39 Å². The maximum atomic E-state index is 13.2. The molecule has 5 nitrogen and oxygen atoms in total. The van der Waals surface area contributed by atoms with E-state index in [2.05, 4.69) is 15.8 Å². The fourth-order valence-corrected chi connectivity index (χ4v) is 1.54. The van der Waals surface area contributed by atoms with E-state index in [1.54, 1.807) is 12.1 Å². The number of nitrogens with one attached hydrogen (secondary N) is 2. The molecule has 0 fully saturated rings. The molecule has 0 aliphatic carbocycles. The average Bonchev–Trinajstić information content (AvgIpc) is 2.45. The predicted octanol–water partition coefficient (Wildman–Crippen LogP) is 1.95. The smallest absolute Gasteiger partial charge is 0.267 e. The monoisotopic (exact) mass is 293 g/mol. The Hall–Kier alpha value is -2.47. The molecule has 2 amide bonds. The van der Waals surface area contributed by atoms with Crippen molar-refractivity contribution in [3.05, 3.63) is 64.7 Å². The van der Waals surface area contributed by atoms with Crippen LogP contribution in [0, 0.1) is 5.95 Å². The lowest BCUT2D eigenvalue weighted by Gasteiger charge is -2.07. The highest BCUT2D eigenvalue weighted by Crippen LogP contribution is 2.09. The Labute approximate surface area is 118 Å². The Balaban J connectivity index is 1.99. The number of benzene rings is 1. The largest absolute Gasteiger partial charge is 0.274 e. The van der Waals surface area contributed by atoms with Gasteiger partial charge in [-0.2, -0.15) is 4.39 Å². The number of hydrogen-bond donors (Lipinski definition) is 2. The summed E-state index contributed by atoms with van der Waals surface area (Å²) in [5.41, 5.74) is 4.32. The van der Waals surface area contributed by atoms with Crippen LogP contribution in [-0.4, -0.2) is 16.8 Å². The highest BCUT2D eigenvalue weighted by Gasteiger charge is 2.13. The van der Waals surface area contributed by atoms with Crippen molar-refractivity contribution in [3.8, 4) is 0 Å². The zero-order valence-electron chi connectivity index (χ0n) is 10.1. The van der Waals surface area contributed by atoms with E-state index in [0.29, 0.717) is 10.6 Å². The first kappa shape index (κ1) is 14.0. The fraction of sp³-hybridized carbons (Fsp3) is 0. The van der Waals surface area contributed by atoms with Gasteiger partial charge in [-0.15, -0.1) is 0 Å². The first-order valence-corrected chi connectivity index (χ1v) is 5.92. The summed E-state index contributed by atoms with van der Waals surface area (Å²) >= 11 is 5.69. The molecule has 0 spiro atoms. The third-order valence-electron chi connectivity index (χ3n) is 2.40. The number of hydrogen-bond acceptors (Lipinski definition) is 3. The Kier molecular flexibility index (Phi) is 4.27. The number of aromatic nitrogens is 1. The molecule has 0 aliphatic rings. The summed E-state index contributed by atoms with van der Waals surface area (Å²) in [6.45, 7) is 0. The molecule has 2 aromatic rings. The van der Waals surface area contributed by atoms with Crippen LogP contribution in [-0.2, 0) is 0 Å². The van der Waals surface area contributed by atoms with Gasteiger partial charge in [-0.1, -0.05) is 11.6 Å². The Morgan fingerprint density at radius 2 is 1.70 bits per heavy atom. The van der Waals surface area contributed by atoms with Crippen molar-refractivity contribution in [3.63, 3.8) is 0 Å². The summed E-state index contributed by atoms with van der Waals surface area (Å²) < 4.78 is 13.2. The molecule has 102 valence electrons. The minimum Gasteiger partial charge on any atom is -0.267 e. The van der Waals surface area contributed by atoms with E-state index in [-0.39, 0.29) is 5.56 Å². The number of hydrazine groups is 1. The Morgan fingerprint density at radius 1 is 1.05 bits per heavy atom. The molecule has 0 aliphatic heterocycles. The van der Waals surface area contributed by atoms with E-state index in [1.165, 1.54) is 30.5 Å². The van der Waals surface area contributed by atoms with Crippen molar-refractivity contribution in [2.24, 2.45) is 0 Å². The van der Waals surface area contributed by atoms with E-state index in [9.17, 15) is 14.0 Å². The lowest BCUT2D eigenvalue weighted by molar-refractivity contribution is 0.0843. The third-order valence-corrected chi connectivity index (χ3v) is 2.65. The summed E-state index contributed by atoms with van der Waals surface area (Å²) in [6, 6.07) is 8.74. The van der Waals surface area contributed by atoms with Crippen LogP contribution in [0.5, 0.6) is 0 Å². The van der Waals surface area contributed by atoms with E-state index in [4.69, 9.17) is 11.6 Å². The van der Waals surface area contributed by atoms with Gasteiger partial charge < -0.3 is 0 Å². The molecule has 20 heavy (non-hydrogen) atoms. The topological polar surface area (TPSA) is 71.1 Å². The first-order chi connectivity index (χ1) is 9.58. The minimum atomic E-state index is -0.911. The summed E-state index contributed by atoms with van der Waals surface area (Å²) in [4.78, 5) is 26.7. The van der Waals surface area contributed by atoms with E-state index < -0.39 is 17.8 Å². The van der Waals surface area contributed by atoms with Gasteiger partial charge >= 0.3 is 0 Å². The van der Waals surface area contributed by atoms with Crippen LogP contribution in [0.2, 0.25) is 5.02 Å². The second-order valence-electron chi connectivity index (χ2n) is 3.76. The van der Waals surface area contributed by atoms with Crippen molar-refractivity contribution >= 4 is 23.4 Å². The molecule has 0 bridgehead atoms. The molecule has 0 unspecified atom stereocenters. The van der Waals surface area contributed by atoms with Gasteiger partial charge in [-0.25, -0.2) is 4.98 Å². The summed E-state index contributed by atoms with van der Waals surface area (Å²) in [7, 11) is 0. The van der Waals surface area contributed by atoms with Crippen LogP contribution in [0.25, 0.3) is 0 Å². The quantitative estimate of drug-likeness (QED) is 0.657. The zero-order chi connectivity index (χ0) is 14.5. The second-order valence-corrected chi connectivity index (χ2v) is 4.19. The fourth-order valence-electron chi connectivity index (χ4n) is 1.41. The van der Waals surface area contributed by atoms with Gasteiger partial charge in [0, 0.05) is 16.8 Å². The normalized spacial score (nSPS) is 9.90. The van der Waals surface area contributed by atoms with Crippen molar-refractivity contribution in [1.29, 1.82) is 0 Å². The van der Waals surface area contributed by atoms with Gasteiger partial charge in [0.05, 0.1) is 5.56 Å². The lowest BCUT2D eigenvalue weighted by Crippen LogP contribution is -2.42. The molecule has 0 atom stereocenters. The highest BCUT2D eigenvalue weighted by atomic mass is 35.5. The molecule has 2 N–H and O–H groups in total. The molecule has 0 radical (unpaired) electrons. The summed E-state index contributed by atoms with van der Waals surface area (Å²) in [5, 5.41) is 0.489. The van der Waals surface area contributed by atoms with Crippen LogP contribution < -0.4 is 10.9 Å². The van der Waals surface area contributed by atoms with Crippen molar-refractivity contribution in [1.82, 2.24) is 15.8 Å². The minimum absolute atomic E-state index is 0.260. The van der Waals surface area contributed by atoms with Crippen LogP contribution >= 0.6 is 11.6 Å². The molecule has 1 heterocycles. The Bertz CT molecular complexity index is 646. The molecular weight excluding hydrogens is 285 g/mol. The third kappa shape index (κ3) is 3.30. The highest BCUT2D eigenvalue weighted by molar-refractivity contribution is 6.30. The standard InChI is InChI=1S/C13H9ClFN3O2/c14-9-5-3-8(4-6-9)12(19)17-18-13(20)10-2-1-7-16-11(10)15/h1-7H,(H,17,19)(H,18,20). The van der Waals surface area contributed by atoms with Crippen molar-refractivity contribution in [2.45, 2.75) is 0 Å². The maximum absolute atomic E-state index is 13.2. The van der Waals surface area contributed by atoms with Crippen LogP contribution in [0.3, 0.4) is 0 Å². The Morgan fingerprint density at radius 3 is 2.35 bits per heavy atom. The molecule has 0 saturated heterocycles. The van der Waals surface area contributed by atoms with Gasteiger partial charge in [0.1, 0.15) is 0 Å². The molecule has 1 aromatic carbocycles. The zero-order valence-corrected chi connectivity index (χ0v) is 10.8. The van der Waals surface area contributed by atoms with Gasteiger partial charge in [-0.05, 0) is 36.4 Å². The number of rotatable bonds is 2. The molecule has 0 saturated carbocycles. The molecular formula is C13H9ClFN3O2. The number of carbonyl (C=O) groups excluding carboxylic acids is 2. The van der Waals surface area contributed by atoms with Gasteiger partial charge in [0.15, 0.2) is 0 Å². The molecule has 7 heteroatoms. The van der Waals surface area contributed by atoms with Crippen molar-refractivity contribution in [2.75, 3.05) is 0 Å². The first-order valence-electron chi connectivity index (χ1n) is 5.54. The molecule has 2 rings (SSSR count). The summed E-state index contributed by atoms with van der Waals surface area (Å²) in [6.07, 6.45) is 1.22. The number of nitrogens with zero attached hydrogens (tertiary/aromatic N) is 1. The van der Waals surface area contributed by atoms with Crippen LogP contribution in [0.1, 0.15) is 20.7 Å². The number of pyridine rings is 1. The number of halogens is 2. The summed E-state index contributed by atoms with van der Waals surface area (Å²) in [5.74, 6) is -2.25. The van der Waals surface area contributed by atoms with E-state index >= 15 is 0 Å². The van der Waals surface area contributed by atoms with Crippen molar-refractivity contribution < 1.29 is 14.0 Å². The lowest BCUT2D eigenvalue weighted by atomic mass is 10.2. The second kappa shape index (κ2) is 6.12. The van der Waals surface area contributed by atoms with Crippen LogP contribution in [0.15, 0.2) is 42.6 Å². The van der Waals surface area contributed by atoms with Gasteiger partial charge in [0.2, 0.25) is 5.95 Å². The maximum Gasteiger partial charge on any atom is 0.274 e. The number of amides is 2. The predicted molar refractivity (Wildman–Crippen MR) is 70.6 cm³/mol. The SMILES string of the molecule is O=C(NNC(=O)c1cccnc1F)c1ccc(Cl)cc1. The average molecular weight is 294 g/mol. The van der Waals surface area contributed by atoms with Gasteiger partial charge in [0.25, 0.3) is 11.8 Å². The molecule has 1 aromatic heterocycles. The van der Waals surface area contributed by atoms with E-state index in [1.807, 2.05) is 0 Å².